The number of hydrogen-bond acceptors (Lipinski definition) is 7. The molecule has 196 valence electrons. The molecular weight excluding hydrogens is 471 g/mol. The molecule has 0 aromatic heterocycles. The summed E-state index contributed by atoms with van der Waals surface area (Å²) in [5.74, 6) is -14.0. The Kier molecular flexibility index (Phi) is 16.4. The topological polar surface area (TPSA) is 72.5 Å². The Balaban J connectivity index is 1.96. The first-order chi connectivity index (χ1) is 16.4. The van der Waals surface area contributed by atoms with Crippen LogP contribution in [0.1, 0.15) is 32.6 Å². The Labute approximate surface area is 195 Å². The van der Waals surface area contributed by atoms with E-state index in [1.165, 1.54) is 0 Å². The molecule has 1 aromatic carbocycles. The Morgan fingerprint density at radius 3 is 1.38 bits per heavy atom. The van der Waals surface area contributed by atoms with Gasteiger partial charge >= 0.3 is 5.97 Å². The average Bonchev–Trinajstić information content (AvgIpc) is 2.83. The number of hydrogen-bond donors (Lipinski definition) is 0. The van der Waals surface area contributed by atoms with Crippen LogP contribution in [-0.2, 0) is 28.5 Å². The minimum atomic E-state index is -2.34. The molecule has 0 radical (unpaired) electrons. The van der Waals surface area contributed by atoms with Crippen LogP contribution in [0.2, 0.25) is 0 Å². The van der Waals surface area contributed by atoms with Crippen molar-refractivity contribution in [3.05, 3.63) is 29.1 Å². The van der Waals surface area contributed by atoms with Crippen LogP contribution < -0.4 is 4.74 Å². The number of ether oxygens (including phenoxy) is 6. The molecule has 12 heteroatoms. The van der Waals surface area contributed by atoms with Gasteiger partial charge < -0.3 is 28.4 Å². The van der Waals surface area contributed by atoms with Crippen LogP contribution in [-0.4, -0.2) is 72.0 Å². The Bertz CT molecular complexity index is 692. The SMILES string of the molecule is CCCCCOCCOCCOCCOCCOCCC(=O)Oc1c(F)c(F)c(F)c(F)c1F. The standard InChI is InChI=1S/C22H31F5O7/c1-2-3-4-6-29-8-10-31-12-14-33-15-13-32-11-9-30-7-5-16(28)34-22-20(26)18(24)17(23)19(25)21(22)27/h2-15H2,1H3. The average molecular weight is 502 g/mol. The molecule has 7 nitrogen and oxygen atoms in total. The number of carbonyl (C=O) groups is 1. The third-order valence-corrected chi connectivity index (χ3v) is 4.22. The predicted octanol–water partition coefficient (Wildman–Crippen LogP) is 3.95. The van der Waals surface area contributed by atoms with E-state index in [0.29, 0.717) is 39.6 Å². The molecule has 0 saturated carbocycles. The molecule has 0 bridgehead atoms. The van der Waals surface area contributed by atoms with Crippen molar-refractivity contribution in [2.75, 3.05) is 66.1 Å². The molecule has 0 heterocycles. The van der Waals surface area contributed by atoms with Crippen LogP contribution in [0.25, 0.3) is 0 Å². The third-order valence-electron chi connectivity index (χ3n) is 4.22. The number of rotatable bonds is 20. The number of unbranched alkanes of at least 4 members (excludes halogenated alkanes) is 2. The fourth-order valence-corrected chi connectivity index (χ4v) is 2.43. The molecule has 0 amide bonds. The molecular formula is C22H31F5O7. The van der Waals surface area contributed by atoms with E-state index >= 15 is 0 Å². The monoisotopic (exact) mass is 502 g/mol. The number of esters is 1. The summed E-state index contributed by atoms with van der Waals surface area (Å²) in [5.41, 5.74) is 0. The van der Waals surface area contributed by atoms with E-state index in [1.807, 2.05) is 0 Å². The Hall–Kier alpha value is -1.86. The summed E-state index contributed by atoms with van der Waals surface area (Å²) in [6, 6.07) is 0. The van der Waals surface area contributed by atoms with Crippen molar-refractivity contribution in [1.29, 1.82) is 0 Å². The maximum absolute atomic E-state index is 13.5. The highest BCUT2D eigenvalue weighted by Gasteiger charge is 2.28. The van der Waals surface area contributed by atoms with Gasteiger partial charge in [0, 0.05) is 6.61 Å². The molecule has 1 aromatic rings. The molecule has 0 saturated heterocycles. The van der Waals surface area contributed by atoms with Gasteiger partial charge in [-0.15, -0.1) is 0 Å². The molecule has 0 spiro atoms. The van der Waals surface area contributed by atoms with Crippen LogP contribution in [0.4, 0.5) is 22.0 Å². The molecule has 0 unspecified atom stereocenters. The van der Waals surface area contributed by atoms with Crippen LogP contribution in [0.15, 0.2) is 0 Å². The van der Waals surface area contributed by atoms with E-state index < -0.39 is 47.2 Å². The molecule has 34 heavy (non-hydrogen) atoms. The Morgan fingerprint density at radius 2 is 0.941 bits per heavy atom. The van der Waals surface area contributed by atoms with E-state index in [9.17, 15) is 26.7 Å². The molecule has 0 atom stereocenters. The second kappa shape index (κ2) is 18.5. The molecule has 0 aliphatic carbocycles. The summed E-state index contributed by atoms with van der Waals surface area (Å²) >= 11 is 0. The highest BCUT2D eigenvalue weighted by Crippen LogP contribution is 2.29. The maximum Gasteiger partial charge on any atom is 0.313 e. The van der Waals surface area contributed by atoms with Crippen molar-refractivity contribution in [2.24, 2.45) is 0 Å². The summed E-state index contributed by atoms with van der Waals surface area (Å²) in [7, 11) is 0. The van der Waals surface area contributed by atoms with Gasteiger partial charge in [-0.2, -0.15) is 8.78 Å². The number of benzene rings is 1. The fraction of sp³-hybridized carbons (Fsp3) is 0.682. The van der Waals surface area contributed by atoms with Crippen molar-refractivity contribution in [3.8, 4) is 5.75 Å². The minimum absolute atomic E-state index is 0.108. The molecule has 0 aliphatic rings. The van der Waals surface area contributed by atoms with Crippen LogP contribution in [0.3, 0.4) is 0 Å². The molecule has 0 N–H and O–H groups in total. The zero-order valence-corrected chi connectivity index (χ0v) is 19.1. The predicted molar refractivity (Wildman–Crippen MR) is 110 cm³/mol. The van der Waals surface area contributed by atoms with Crippen LogP contribution in [0.5, 0.6) is 5.75 Å². The van der Waals surface area contributed by atoms with Crippen LogP contribution in [0, 0.1) is 29.1 Å². The summed E-state index contributed by atoms with van der Waals surface area (Å²) in [6.07, 6.45) is 2.91. The maximum atomic E-state index is 13.5. The van der Waals surface area contributed by atoms with Gasteiger partial charge in [0.15, 0.2) is 0 Å². The molecule has 0 fully saturated rings. The van der Waals surface area contributed by atoms with Gasteiger partial charge in [-0.1, -0.05) is 19.8 Å². The Morgan fingerprint density at radius 1 is 0.559 bits per heavy atom. The number of halogens is 5. The van der Waals surface area contributed by atoms with E-state index in [-0.39, 0.29) is 19.8 Å². The lowest BCUT2D eigenvalue weighted by molar-refractivity contribution is -0.136. The van der Waals surface area contributed by atoms with Gasteiger partial charge in [0.25, 0.3) is 0 Å². The van der Waals surface area contributed by atoms with Gasteiger partial charge in [0.2, 0.25) is 34.8 Å². The first kappa shape index (κ1) is 30.2. The quantitative estimate of drug-likeness (QED) is 0.0668. The van der Waals surface area contributed by atoms with E-state index in [1.54, 1.807) is 0 Å². The first-order valence-electron chi connectivity index (χ1n) is 11.0. The highest BCUT2D eigenvalue weighted by atomic mass is 19.2. The smallest absolute Gasteiger partial charge is 0.313 e. The normalized spacial score (nSPS) is 11.2. The summed E-state index contributed by atoms with van der Waals surface area (Å²) in [5, 5.41) is 0. The van der Waals surface area contributed by atoms with Gasteiger partial charge in [0.05, 0.1) is 65.9 Å². The van der Waals surface area contributed by atoms with Crippen molar-refractivity contribution in [3.63, 3.8) is 0 Å². The zero-order chi connectivity index (χ0) is 25.2. The van der Waals surface area contributed by atoms with Gasteiger partial charge in [-0.3, -0.25) is 4.79 Å². The second-order valence-electron chi connectivity index (χ2n) is 6.89. The lowest BCUT2D eigenvalue weighted by atomic mass is 10.2. The minimum Gasteiger partial charge on any atom is -0.420 e. The van der Waals surface area contributed by atoms with Crippen molar-refractivity contribution < 1.29 is 55.2 Å². The zero-order valence-electron chi connectivity index (χ0n) is 19.1. The number of carbonyl (C=O) groups excluding carboxylic acids is 1. The lowest BCUT2D eigenvalue weighted by Gasteiger charge is -2.09. The first-order valence-corrected chi connectivity index (χ1v) is 11.0. The third kappa shape index (κ3) is 12.0. The highest BCUT2D eigenvalue weighted by molar-refractivity contribution is 5.72. The largest absolute Gasteiger partial charge is 0.420 e. The van der Waals surface area contributed by atoms with E-state index in [2.05, 4.69) is 11.7 Å². The summed E-state index contributed by atoms with van der Waals surface area (Å²) in [6.45, 7) is 5.58. The fourth-order valence-electron chi connectivity index (χ4n) is 2.43. The molecule has 1 rings (SSSR count). The summed E-state index contributed by atoms with van der Waals surface area (Å²) in [4.78, 5) is 11.6. The van der Waals surface area contributed by atoms with Crippen molar-refractivity contribution in [2.45, 2.75) is 32.6 Å². The van der Waals surface area contributed by atoms with Gasteiger partial charge in [-0.25, -0.2) is 13.2 Å². The molecule has 0 aliphatic heterocycles. The van der Waals surface area contributed by atoms with Crippen molar-refractivity contribution >= 4 is 5.97 Å². The lowest BCUT2D eigenvalue weighted by Crippen LogP contribution is -2.16. The second-order valence-corrected chi connectivity index (χ2v) is 6.89. The van der Waals surface area contributed by atoms with E-state index in [4.69, 9.17) is 23.7 Å². The van der Waals surface area contributed by atoms with Crippen molar-refractivity contribution in [1.82, 2.24) is 0 Å². The van der Waals surface area contributed by atoms with Gasteiger partial charge in [-0.05, 0) is 6.42 Å². The van der Waals surface area contributed by atoms with E-state index in [0.717, 1.165) is 25.9 Å². The van der Waals surface area contributed by atoms with Crippen LogP contribution >= 0.6 is 0 Å². The van der Waals surface area contributed by atoms with Gasteiger partial charge in [0.1, 0.15) is 0 Å². The summed E-state index contributed by atoms with van der Waals surface area (Å²) < 4.78 is 96.7.